The van der Waals surface area contributed by atoms with Gasteiger partial charge in [0.2, 0.25) is 5.91 Å². The second-order valence-corrected chi connectivity index (χ2v) is 8.35. The van der Waals surface area contributed by atoms with Gasteiger partial charge in [-0.1, -0.05) is 20.8 Å². The van der Waals surface area contributed by atoms with Crippen molar-refractivity contribution in [3.8, 4) is 0 Å². The van der Waals surface area contributed by atoms with E-state index in [1.54, 1.807) is 28.2 Å². The number of carbonyl (C=O) groups excluding carboxylic acids is 1. The highest BCUT2D eigenvalue weighted by Gasteiger charge is 2.26. The molecule has 2 heterocycles. The van der Waals surface area contributed by atoms with E-state index in [2.05, 4.69) is 25.8 Å². The average Bonchev–Trinajstić information content (AvgIpc) is 2.95. The monoisotopic (exact) mass is 369 g/mol. The first-order valence-electron chi connectivity index (χ1n) is 8.39. The first kappa shape index (κ1) is 19.8. The lowest BCUT2D eigenvalue weighted by Gasteiger charge is -2.34. The summed E-state index contributed by atoms with van der Waals surface area (Å²) >= 11 is 1.59. The predicted octanol–water partition coefficient (Wildman–Crippen LogP) is 1.23. The van der Waals surface area contributed by atoms with Crippen molar-refractivity contribution in [3.63, 3.8) is 0 Å². The normalized spacial score (nSPS) is 18.6. The maximum atomic E-state index is 12.6. The Balaban J connectivity index is 1.89. The summed E-state index contributed by atoms with van der Waals surface area (Å²) < 4.78 is 5.67. The van der Waals surface area contributed by atoms with Crippen LogP contribution in [0.15, 0.2) is 5.38 Å². The van der Waals surface area contributed by atoms with E-state index >= 15 is 0 Å². The van der Waals surface area contributed by atoms with Crippen LogP contribution in [0.5, 0.6) is 0 Å². The van der Waals surface area contributed by atoms with Crippen LogP contribution >= 0.6 is 11.3 Å². The zero-order valence-corrected chi connectivity index (χ0v) is 16.1. The Morgan fingerprint density at radius 2 is 2.20 bits per heavy atom. The van der Waals surface area contributed by atoms with Gasteiger partial charge >= 0.3 is 5.97 Å². The molecule has 0 radical (unpaired) electrons. The number of ether oxygens (including phenoxy) is 1. The number of aromatic nitrogens is 1. The second-order valence-electron chi connectivity index (χ2n) is 7.49. The standard InChI is InChI=1S/C17H27N3O4S/c1-17(2,3)16-18-12(11-25-16)7-14(21)20-5-6-24-13(9-20)8-19(4)10-15(22)23/h11,13H,5-10H2,1-4H3,(H,22,23). The molecular weight excluding hydrogens is 342 g/mol. The van der Waals surface area contributed by atoms with Crippen LogP contribution in [0.25, 0.3) is 0 Å². The van der Waals surface area contributed by atoms with Crippen molar-refractivity contribution in [2.75, 3.05) is 39.8 Å². The fourth-order valence-electron chi connectivity index (χ4n) is 2.70. The van der Waals surface area contributed by atoms with Crippen LogP contribution < -0.4 is 0 Å². The predicted molar refractivity (Wildman–Crippen MR) is 96.0 cm³/mol. The number of likely N-dealkylation sites (N-methyl/N-ethyl adjacent to an activating group) is 1. The number of carboxylic acids is 1. The van der Waals surface area contributed by atoms with Gasteiger partial charge in [-0.2, -0.15) is 0 Å². The molecular formula is C17H27N3O4S. The summed E-state index contributed by atoms with van der Waals surface area (Å²) in [5, 5.41) is 11.8. The van der Waals surface area contributed by atoms with Gasteiger partial charge in [-0.3, -0.25) is 14.5 Å². The summed E-state index contributed by atoms with van der Waals surface area (Å²) in [7, 11) is 1.74. The molecule has 0 saturated carbocycles. The zero-order chi connectivity index (χ0) is 18.6. The van der Waals surface area contributed by atoms with Crippen molar-refractivity contribution in [1.29, 1.82) is 0 Å². The Morgan fingerprint density at radius 1 is 1.48 bits per heavy atom. The fourth-order valence-corrected chi connectivity index (χ4v) is 3.61. The average molecular weight is 369 g/mol. The molecule has 25 heavy (non-hydrogen) atoms. The molecule has 140 valence electrons. The van der Waals surface area contributed by atoms with E-state index in [9.17, 15) is 9.59 Å². The Hall–Kier alpha value is -1.51. The smallest absolute Gasteiger partial charge is 0.317 e. The number of rotatable bonds is 6. The minimum absolute atomic E-state index is 0.00918. The van der Waals surface area contributed by atoms with E-state index in [-0.39, 0.29) is 24.0 Å². The summed E-state index contributed by atoms with van der Waals surface area (Å²) in [4.78, 5) is 31.4. The number of hydrogen-bond acceptors (Lipinski definition) is 6. The van der Waals surface area contributed by atoms with Gasteiger partial charge in [0.25, 0.3) is 0 Å². The van der Waals surface area contributed by atoms with E-state index in [1.807, 2.05) is 5.38 Å². The van der Waals surface area contributed by atoms with Gasteiger partial charge in [0.15, 0.2) is 0 Å². The Kier molecular flexibility index (Phi) is 6.53. The highest BCUT2D eigenvalue weighted by atomic mass is 32.1. The number of nitrogens with zero attached hydrogens (tertiary/aromatic N) is 3. The summed E-state index contributed by atoms with van der Waals surface area (Å²) in [5.74, 6) is -0.829. The van der Waals surface area contributed by atoms with E-state index in [1.165, 1.54) is 0 Å². The third-order valence-corrected chi connectivity index (χ3v) is 5.25. The van der Waals surface area contributed by atoms with Crippen molar-refractivity contribution in [2.45, 2.75) is 38.7 Å². The van der Waals surface area contributed by atoms with E-state index in [0.717, 1.165) is 10.7 Å². The molecule has 0 spiro atoms. The Bertz CT molecular complexity index is 611. The van der Waals surface area contributed by atoms with Crippen LogP contribution in [0.4, 0.5) is 0 Å². The molecule has 8 heteroatoms. The number of carboxylic acid groups (broad SMARTS) is 1. The van der Waals surface area contributed by atoms with Crippen LogP contribution in [0, 0.1) is 0 Å². The molecule has 7 nitrogen and oxygen atoms in total. The molecule has 1 fully saturated rings. The van der Waals surface area contributed by atoms with Gasteiger partial charge in [-0.05, 0) is 7.05 Å². The lowest BCUT2D eigenvalue weighted by atomic mass is 9.98. The molecule has 1 saturated heterocycles. The number of amides is 1. The van der Waals surface area contributed by atoms with Crippen molar-refractivity contribution >= 4 is 23.2 Å². The molecule has 1 aromatic heterocycles. The Morgan fingerprint density at radius 3 is 2.80 bits per heavy atom. The minimum atomic E-state index is -0.871. The molecule has 2 rings (SSSR count). The topological polar surface area (TPSA) is 83.0 Å². The molecule has 1 aliphatic heterocycles. The summed E-state index contributed by atoms with van der Waals surface area (Å²) in [5.41, 5.74) is 0.802. The third kappa shape index (κ3) is 6.05. The van der Waals surface area contributed by atoms with Crippen molar-refractivity contribution in [1.82, 2.24) is 14.8 Å². The summed E-state index contributed by atoms with van der Waals surface area (Å²) in [6, 6.07) is 0. The van der Waals surface area contributed by atoms with Crippen molar-refractivity contribution in [2.24, 2.45) is 0 Å². The molecule has 1 amide bonds. The molecule has 0 aromatic carbocycles. The molecule has 0 bridgehead atoms. The fraction of sp³-hybridized carbons (Fsp3) is 0.706. The number of morpholine rings is 1. The first-order valence-corrected chi connectivity index (χ1v) is 9.27. The van der Waals surface area contributed by atoms with Crippen molar-refractivity contribution < 1.29 is 19.4 Å². The van der Waals surface area contributed by atoms with E-state index in [0.29, 0.717) is 32.7 Å². The van der Waals surface area contributed by atoms with Crippen LogP contribution in [0.3, 0.4) is 0 Å². The number of hydrogen-bond donors (Lipinski definition) is 1. The quantitative estimate of drug-likeness (QED) is 0.812. The van der Waals surface area contributed by atoms with Crippen LogP contribution in [-0.2, 0) is 26.2 Å². The second kappa shape index (κ2) is 8.25. The van der Waals surface area contributed by atoms with Crippen molar-refractivity contribution in [3.05, 3.63) is 16.1 Å². The SMILES string of the molecule is CN(CC(=O)O)CC1CN(C(=O)Cc2csc(C(C)(C)C)n2)CCO1. The highest BCUT2D eigenvalue weighted by Crippen LogP contribution is 2.25. The summed E-state index contributed by atoms with van der Waals surface area (Å²) in [6.07, 6.45) is 0.132. The van der Waals surface area contributed by atoms with Gasteiger partial charge in [-0.25, -0.2) is 4.98 Å². The number of aliphatic carboxylic acids is 1. The molecule has 1 N–H and O–H groups in total. The molecule has 1 aliphatic rings. The van der Waals surface area contributed by atoms with Crippen LogP contribution in [-0.4, -0.2) is 77.7 Å². The van der Waals surface area contributed by atoms with Gasteiger partial charge < -0.3 is 14.7 Å². The number of thiazole rings is 1. The van der Waals surface area contributed by atoms with Gasteiger partial charge in [0, 0.05) is 30.4 Å². The summed E-state index contributed by atoms with van der Waals surface area (Å²) in [6.45, 7) is 8.30. The highest BCUT2D eigenvalue weighted by molar-refractivity contribution is 7.09. The zero-order valence-electron chi connectivity index (χ0n) is 15.3. The van der Waals surface area contributed by atoms with Crippen LogP contribution in [0.2, 0.25) is 0 Å². The van der Waals surface area contributed by atoms with E-state index < -0.39 is 5.97 Å². The molecule has 1 aromatic rings. The molecule has 1 atom stereocenters. The third-order valence-electron chi connectivity index (χ3n) is 3.94. The largest absolute Gasteiger partial charge is 0.480 e. The van der Waals surface area contributed by atoms with Crippen LogP contribution in [0.1, 0.15) is 31.5 Å². The lowest BCUT2D eigenvalue weighted by molar-refractivity contribution is -0.142. The number of carbonyl (C=O) groups is 2. The molecule has 0 aliphatic carbocycles. The van der Waals surface area contributed by atoms with Gasteiger partial charge in [-0.15, -0.1) is 11.3 Å². The lowest BCUT2D eigenvalue weighted by Crippen LogP contribution is -2.50. The minimum Gasteiger partial charge on any atom is -0.480 e. The maximum absolute atomic E-state index is 12.6. The molecule has 1 unspecified atom stereocenters. The van der Waals surface area contributed by atoms with Gasteiger partial charge in [0.05, 0.1) is 36.4 Å². The van der Waals surface area contributed by atoms with E-state index in [4.69, 9.17) is 9.84 Å². The van der Waals surface area contributed by atoms with Gasteiger partial charge in [0.1, 0.15) is 0 Å². The maximum Gasteiger partial charge on any atom is 0.317 e. The Labute approximate surface area is 152 Å². The first-order chi connectivity index (χ1) is 11.6.